The SMILES string of the molecule is COC(=O)c1cc(F)c(-c2ccc(OC)c(C3=C(CN4C(=O)O[C@H](c5cc(C)cc(C(F)(F)F)c5)[C@@H]4C)CC(C)(C)CC3)c2)c(F)c1. The minimum absolute atomic E-state index is 0.136. The maximum atomic E-state index is 15.3. The molecule has 1 amide bonds. The standard InChI is InChI=1S/C36H36F5NO5/c1-19-11-22(13-25(12-19)36(39,40)41)32-20(2)42(34(44)47-32)18-24-17-35(3,4)10-9-26(24)27-14-21(7-8-30(27)45-5)31-28(37)15-23(16-29(31)38)33(43)46-6/h7-8,11-16,20,32H,9-10,17-18H2,1-6H3/t20-,32-/m0/s1. The first-order valence-electron chi connectivity index (χ1n) is 15.2. The van der Waals surface area contributed by atoms with Gasteiger partial charge in [-0.3, -0.25) is 4.90 Å². The molecule has 0 N–H and O–H groups in total. The van der Waals surface area contributed by atoms with Gasteiger partial charge in [0, 0.05) is 12.1 Å². The number of alkyl halides is 3. The zero-order valence-corrected chi connectivity index (χ0v) is 27.0. The molecule has 47 heavy (non-hydrogen) atoms. The molecule has 250 valence electrons. The average Bonchev–Trinajstić information content (AvgIpc) is 3.27. The Morgan fingerprint density at radius 1 is 1.04 bits per heavy atom. The summed E-state index contributed by atoms with van der Waals surface area (Å²) in [5, 5.41) is 0. The average molecular weight is 658 g/mol. The third-order valence-corrected chi connectivity index (χ3v) is 8.96. The molecule has 2 aliphatic rings. The monoisotopic (exact) mass is 657 g/mol. The summed E-state index contributed by atoms with van der Waals surface area (Å²) in [6, 6.07) is 9.68. The molecule has 1 aliphatic carbocycles. The fourth-order valence-corrected chi connectivity index (χ4v) is 6.58. The fraction of sp³-hybridized carbons (Fsp3) is 0.389. The highest BCUT2D eigenvalue weighted by Gasteiger charge is 2.42. The van der Waals surface area contributed by atoms with Crippen LogP contribution >= 0.6 is 0 Å². The van der Waals surface area contributed by atoms with E-state index in [1.54, 1.807) is 32.0 Å². The number of ether oxygens (including phenoxy) is 3. The van der Waals surface area contributed by atoms with Gasteiger partial charge in [-0.15, -0.1) is 0 Å². The van der Waals surface area contributed by atoms with Gasteiger partial charge in [0.15, 0.2) is 0 Å². The van der Waals surface area contributed by atoms with Gasteiger partial charge in [0.2, 0.25) is 0 Å². The van der Waals surface area contributed by atoms with Gasteiger partial charge in [0.25, 0.3) is 0 Å². The van der Waals surface area contributed by atoms with Crippen LogP contribution in [0, 0.1) is 24.0 Å². The minimum atomic E-state index is -4.55. The number of esters is 1. The Morgan fingerprint density at radius 3 is 2.34 bits per heavy atom. The Labute approximate surface area is 270 Å². The number of allylic oxidation sites excluding steroid dienone is 1. The largest absolute Gasteiger partial charge is 0.496 e. The van der Waals surface area contributed by atoms with Gasteiger partial charge in [-0.25, -0.2) is 18.4 Å². The third-order valence-electron chi connectivity index (χ3n) is 8.96. The Morgan fingerprint density at radius 2 is 1.72 bits per heavy atom. The van der Waals surface area contributed by atoms with Crippen LogP contribution in [-0.4, -0.2) is 43.8 Å². The van der Waals surface area contributed by atoms with E-state index in [0.717, 1.165) is 48.9 Å². The second kappa shape index (κ2) is 12.7. The van der Waals surface area contributed by atoms with Crippen molar-refractivity contribution in [1.82, 2.24) is 4.90 Å². The zero-order valence-electron chi connectivity index (χ0n) is 27.0. The molecule has 2 atom stereocenters. The Balaban J connectivity index is 1.55. The number of aryl methyl sites for hydroxylation is 1. The van der Waals surface area contributed by atoms with Crippen LogP contribution in [0.15, 0.2) is 54.1 Å². The van der Waals surface area contributed by atoms with Gasteiger partial charge in [-0.05, 0) is 97.2 Å². The first-order chi connectivity index (χ1) is 22.0. The van der Waals surface area contributed by atoms with E-state index >= 15 is 8.78 Å². The lowest BCUT2D eigenvalue weighted by atomic mass is 9.72. The fourth-order valence-electron chi connectivity index (χ4n) is 6.58. The molecule has 0 spiro atoms. The van der Waals surface area contributed by atoms with Gasteiger partial charge >= 0.3 is 18.2 Å². The molecule has 3 aromatic carbocycles. The summed E-state index contributed by atoms with van der Waals surface area (Å²) in [5.41, 5.74) is 1.65. The number of hydrogen-bond acceptors (Lipinski definition) is 5. The molecule has 1 heterocycles. The van der Waals surface area contributed by atoms with Crippen molar-refractivity contribution in [2.24, 2.45) is 5.41 Å². The van der Waals surface area contributed by atoms with E-state index in [0.29, 0.717) is 29.7 Å². The second-order valence-corrected chi connectivity index (χ2v) is 12.9. The summed E-state index contributed by atoms with van der Waals surface area (Å²) in [7, 11) is 2.60. The molecule has 5 rings (SSSR count). The number of amides is 1. The van der Waals surface area contributed by atoms with Crippen LogP contribution < -0.4 is 4.74 Å². The van der Waals surface area contributed by atoms with Crippen molar-refractivity contribution in [2.75, 3.05) is 20.8 Å². The van der Waals surface area contributed by atoms with Gasteiger partial charge in [0.05, 0.1) is 37.0 Å². The van der Waals surface area contributed by atoms with Gasteiger partial charge in [-0.2, -0.15) is 13.2 Å². The van der Waals surface area contributed by atoms with Gasteiger partial charge in [0.1, 0.15) is 23.5 Å². The first-order valence-corrected chi connectivity index (χ1v) is 15.2. The van der Waals surface area contributed by atoms with Crippen molar-refractivity contribution < 1.29 is 45.8 Å². The topological polar surface area (TPSA) is 65.1 Å². The van der Waals surface area contributed by atoms with Crippen LogP contribution in [0.4, 0.5) is 26.7 Å². The molecule has 1 fully saturated rings. The lowest BCUT2D eigenvalue weighted by Gasteiger charge is -2.36. The van der Waals surface area contributed by atoms with Crippen LogP contribution in [0.2, 0.25) is 0 Å². The molecule has 1 aliphatic heterocycles. The molecule has 0 saturated carbocycles. The molecule has 0 unspecified atom stereocenters. The van der Waals surface area contributed by atoms with Crippen molar-refractivity contribution in [3.05, 3.63) is 93.6 Å². The number of methoxy groups -OCH3 is 2. The Kier molecular flexibility index (Phi) is 9.14. The zero-order chi connectivity index (χ0) is 34.4. The normalized spacial score (nSPS) is 19.6. The molecule has 1 saturated heterocycles. The first kappa shape index (κ1) is 33.9. The molecule has 6 nitrogen and oxygen atoms in total. The van der Waals surface area contributed by atoms with Crippen LogP contribution in [0.5, 0.6) is 5.75 Å². The smallest absolute Gasteiger partial charge is 0.416 e. The summed E-state index contributed by atoms with van der Waals surface area (Å²) in [4.78, 5) is 26.7. The minimum Gasteiger partial charge on any atom is -0.496 e. The number of halogens is 5. The summed E-state index contributed by atoms with van der Waals surface area (Å²) >= 11 is 0. The van der Waals surface area contributed by atoms with Crippen molar-refractivity contribution in [2.45, 2.75) is 65.3 Å². The maximum absolute atomic E-state index is 15.3. The highest BCUT2D eigenvalue weighted by Crippen LogP contribution is 2.47. The molecule has 11 heteroatoms. The predicted molar refractivity (Wildman–Crippen MR) is 166 cm³/mol. The molecular weight excluding hydrogens is 621 g/mol. The van der Waals surface area contributed by atoms with E-state index < -0.39 is 47.6 Å². The molecule has 0 radical (unpaired) electrons. The van der Waals surface area contributed by atoms with Crippen LogP contribution in [0.3, 0.4) is 0 Å². The third kappa shape index (κ3) is 6.84. The number of carbonyl (C=O) groups excluding carboxylic acids is 2. The van der Waals surface area contributed by atoms with Crippen LogP contribution in [-0.2, 0) is 15.7 Å². The van der Waals surface area contributed by atoms with E-state index in [-0.39, 0.29) is 34.2 Å². The molecular formula is C36H36F5NO5. The van der Waals surface area contributed by atoms with Crippen molar-refractivity contribution in [1.29, 1.82) is 0 Å². The predicted octanol–water partition coefficient (Wildman–Crippen LogP) is 9.30. The van der Waals surface area contributed by atoms with Gasteiger partial charge in [-0.1, -0.05) is 31.5 Å². The maximum Gasteiger partial charge on any atom is 0.416 e. The molecule has 0 bridgehead atoms. The lowest BCUT2D eigenvalue weighted by molar-refractivity contribution is -0.137. The number of carbonyl (C=O) groups is 2. The highest BCUT2D eigenvalue weighted by molar-refractivity contribution is 5.90. The number of cyclic esters (lactones) is 1. The number of benzene rings is 3. The van der Waals surface area contributed by atoms with Crippen LogP contribution in [0.25, 0.3) is 16.7 Å². The summed E-state index contributed by atoms with van der Waals surface area (Å²) in [6.45, 7) is 7.64. The van der Waals surface area contributed by atoms with E-state index in [1.807, 2.05) is 0 Å². The Bertz CT molecular complexity index is 1740. The van der Waals surface area contributed by atoms with Crippen molar-refractivity contribution >= 4 is 17.6 Å². The van der Waals surface area contributed by atoms with E-state index in [4.69, 9.17) is 9.47 Å². The van der Waals surface area contributed by atoms with Crippen LogP contribution in [0.1, 0.15) is 78.7 Å². The molecule has 3 aromatic rings. The van der Waals surface area contributed by atoms with Crippen molar-refractivity contribution in [3.63, 3.8) is 0 Å². The van der Waals surface area contributed by atoms with Crippen molar-refractivity contribution in [3.8, 4) is 16.9 Å². The number of nitrogens with zero attached hydrogens (tertiary/aromatic N) is 1. The second-order valence-electron chi connectivity index (χ2n) is 12.9. The summed E-state index contributed by atoms with van der Waals surface area (Å²) in [6.07, 6.45) is -4.19. The lowest BCUT2D eigenvalue weighted by Crippen LogP contribution is -2.35. The summed E-state index contributed by atoms with van der Waals surface area (Å²) < 4.78 is 87.2. The number of hydrogen-bond donors (Lipinski definition) is 0. The van der Waals surface area contributed by atoms with Gasteiger partial charge < -0.3 is 14.2 Å². The summed E-state index contributed by atoms with van der Waals surface area (Å²) in [5.74, 6) is -2.29. The quantitative estimate of drug-likeness (QED) is 0.187. The van der Waals surface area contributed by atoms with E-state index in [9.17, 15) is 22.8 Å². The highest BCUT2D eigenvalue weighted by atomic mass is 19.4. The van der Waals surface area contributed by atoms with E-state index in [2.05, 4.69) is 18.6 Å². The number of rotatable bonds is 7. The molecule has 0 aromatic heterocycles. The van der Waals surface area contributed by atoms with E-state index in [1.165, 1.54) is 18.1 Å². The Hall–Kier alpha value is -4.41.